The molecule has 4 aromatic rings. The van der Waals surface area contributed by atoms with Gasteiger partial charge in [0.05, 0.1) is 13.2 Å². The number of rotatable bonds is 10. The van der Waals surface area contributed by atoms with Gasteiger partial charge in [0.25, 0.3) is 14.2 Å². The minimum Gasteiger partial charge on any atom is -0.401 e. The highest BCUT2D eigenvalue weighted by Gasteiger charge is 2.51. The Balaban J connectivity index is 1.49. The van der Waals surface area contributed by atoms with E-state index in [1.807, 2.05) is 92.0 Å². The molecule has 1 aromatic heterocycles. The lowest BCUT2D eigenvalue weighted by molar-refractivity contribution is -0.0433. The molecule has 0 bridgehead atoms. The first-order chi connectivity index (χ1) is 17.1. The van der Waals surface area contributed by atoms with Crippen LogP contribution in [0.1, 0.15) is 33.3 Å². The van der Waals surface area contributed by atoms with Crippen molar-refractivity contribution in [1.29, 1.82) is 0 Å². The fraction of sp³-hybridized carbons (Fsp3) is 0.333. The molecule has 6 heteroatoms. The molecule has 0 fully saturated rings. The predicted octanol–water partition coefficient (Wildman–Crippen LogP) is 5.90. The number of benzene rings is 3. The number of H-pyrrole nitrogens is 1. The maximum atomic E-state index is 15.3. The monoisotopic (exact) mass is 506 g/mol. The van der Waals surface area contributed by atoms with Gasteiger partial charge in [-0.05, 0) is 40.4 Å². The maximum absolute atomic E-state index is 15.3. The fourth-order valence-electron chi connectivity index (χ4n) is 5.05. The number of halogens is 2. The minimum absolute atomic E-state index is 0.108. The largest absolute Gasteiger partial charge is 0.401 e. The highest BCUT2D eigenvalue weighted by atomic mass is 28.4. The normalized spacial score (nSPS) is 13.7. The molecule has 0 aliphatic heterocycles. The van der Waals surface area contributed by atoms with Gasteiger partial charge in [-0.25, -0.2) is 8.78 Å². The molecule has 2 N–H and O–H groups in total. The lowest BCUT2D eigenvalue weighted by Crippen LogP contribution is -2.67. The number of aromatic amines is 1. The summed E-state index contributed by atoms with van der Waals surface area (Å²) in [6.07, 6.45) is 2.63. The Hall–Kier alpha value is -2.80. The average Bonchev–Trinajstić information content (AvgIpc) is 3.26. The minimum atomic E-state index is -3.01. The van der Waals surface area contributed by atoms with E-state index in [0.29, 0.717) is 6.42 Å². The first-order valence-corrected chi connectivity index (χ1v) is 14.4. The smallest absolute Gasteiger partial charge is 0.281 e. The molecule has 0 saturated carbocycles. The molecule has 190 valence electrons. The predicted molar refractivity (Wildman–Crippen MR) is 148 cm³/mol. The highest BCUT2D eigenvalue weighted by Crippen LogP contribution is 2.37. The zero-order chi connectivity index (χ0) is 25.8. The second kappa shape index (κ2) is 10.7. The van der Waals surface area contributed by atoms with Gasteiger partial charge in [0.1, 0.15) is 0 Å². The molecule has 36 heavy (non-hydrogen) atoms. The summed E-state index contributed by atoms with van der Waals surface area (Å²) in [7, 11) is -3.01. The number of hydrogen-bond donors (Lipinski definition) is 2. The summed E-state index contributed by atoms with van der Waals surface area (Å²) in [6.45, 7) is 7.17. The SMILES string of the molecule is C[C@@H](Cc1c[nH]c2ccccc12)NCC(F)(F)CO[Si](c1ccccc1)(c1ccccc1)C(C)(C)C. The number of para-hydroxylation sites is 1. The van der Waals surface area contributed by atoms with Gasteiger partial charge in [-0.15, -0.1) is 0 Å². The van der Waals surface area contributed by atoms with Gasteiger partial charge in [-0.1, -0.05) is 99.6 Å². The van der Waals surface area contributed by atoms with Crippen molar-refractivity contribution in [3.63, 3.8) is 0 Å². The van der Waals surface area contributed by atoms with Gasteiger partial charge in [-0.2, -0.15) is 0 Å². The standard InChI is InChI=1S/C30H36F2N2OSi/c1-23(19-24-20-33-28-18-12-11-17-27(24)28)34-21-30(31,32)22-35-36(29(2,3)4,25-13-7-5-8-14-25)26-15-9-6-10-16-26/h5-18,20,23,33-34H,19,21-22H2,1-4H3/t23-/m0/s1. The molecular formula is C30H36F2N2OSi. The summed E-state index contributed by atoms with van der Waals surface area (Å²) in [6, 6.07) is 27.8. The van der Waals surface area contributed by atoms with Crippen molar-refractivity contribution in [2.45, 2.75) is 51.1 Å². The van der Waals surface area contributed by atoms with Crippen LogP contribution >= 0.6 is 0 Å². The Bertz CT molecular complexity index is 1210. The Morgan fingerprint density at radius 1 is 0.861 bits per heavy atom. The molecule has 0 spiro atoms. The maximum Gasteiger partial charge on any atom is 0.281 e. The van der Waals surface area contributed by atoms with Crippen LogP contribution in [0.4, 0.5) is 8.78 Å². The topological polar surface area (TPSA) is 37.0 Å². The second-order valence-corrected chi connectivity index (χ2v) is 15.0. The van der Waals surface area contributed by atoms with E-state index in [4.69, 9.17) is 4.43 Å². The first kappa shape index (κ1) is 26.3. The summed E-state index contributed by atoms with van der Waals surface area (Å²) in [5, 5.41) is 5.84. The third-order valence-corrected chi connectivity index (χ3v) is 11.8. The molecule has 1 atom stereocenters. The van der Waals surface area contributed by atoms with Crippen molar-refractivity contribution >= 4 is 29.6 Å². The summed E-state index contributed by atoms with van der Waals surface area (Å²) >= 11 is 0. The van der Waals surface area contributed by atoms with Gasteiger partial charge in [0.15, 0.2) is 0 Å². The Morgan fingerprint density at radius 3 is 2.00 bits per heavy atom. The Labute approximate surface area is 214 Å². The number of hydrogen-bond acceptors (Lipinski definition) is 2. The molecule has 0 amide bonds. The lowest BCUT2D eigenvalue weighted by Gasteiger charge is -2.43. The van der Waals surface area contributed by atoms with E-state index in [9.17, 15) is 0 Å². The van der Waals surface area contributed by atoms with Gasteiger partial charge >= 0.3 is 0 Å². The summed E-state index contributed by atoms with van der Waals surface area (Å²) in [5.41, 5.74) is 2.18. The van der Waals surface area contributed by atoms with Crippen LogP contribution in [0.3, 0.4) is 0 Å². The van der Waals surface area contributed by atoms with Crippen LogP contribution in [-0.4, -0.2) is 38.4 Å². The van der Waals surface area contributed by atoms with Gasteiger partial charge in [0, 0.05) is 23.1 Å². The molecule has 3 aromatic carbocycles. The van der Waals surface area contributed by atoms with Crippen molar-refractivity contribution in [3.8, 4) is 0 Å². The van der Waals surface area contributed by atoms with E-state index in [2.05, 4.69) is 37.1 Å². The van der Waals surface area contributed by atoms with E-state index in [1.165, 1.54) is 0 Å². The number of nitrogens with one attached hydrogen (secondary N) is 2. The van der Waals surface area contributed by atoms with E-state index in [-0.39, 0.29) is 11.1 Å². The van der Waals surface area contributed by atoms with Crippen LogP contribution in [0.15, 0.2) is 91.1 Å². The van der Waals surface area contributed by atoms with Crippen molar-refractivity contribution in [2.24, 2.45) is 0 Å². The average molecular weight is 507 g/mol. The zero-order valence-corrected chi connectivity index (χ0v) is 22.5. The summed E-state index contributed by atoms with van der Waals surface area (Å²) < 4.78 is 37.1. The molecule has 0 aliphatic rings. The molecule has 3 nitrogen and oxygen atoms in total. The molecule has 0 unspecified atom stereocenters. The molecule has 0 saturated heterocycles. The van der Waals surface area contributed by atoms with Crippen LogP contribution in [-0.2, 0) is 10.8 Å². The summed E-state index contributed by atoms with van der Waals surface area (Å²) in [4.78, 5) is 3.26. The van der Waals surface area contributed by atoms with Crippen LogP contribution in [0.25, 0.3) is 10.9 Å². The van der Waals surface area contributed by atoms with Crippen molar-refractivity contribution in [2.75, 3.05) is 13.2 Å². The Morgan fingerprint density at radius 2 is 1.42 bits per heavy atom. The van der Waals surface area contributed by atoms with E-state index >= 15 is 8.78 Å². The second-order valence-electron chi connectivity index (χ2n) is 10.7. The molecule has 4 rings (SSSR count). The van der Waals surface area contributed by atoms with Crippen molar-refractivity contribution in [1.82, 2.24) is 10.3 Å². The quantitative estimate of drug-likeness (QED) is 0.263. The van der Waals surface area contributed by atoms with Crippen LogP contribution in [0.2, 0.25) is 5.04 Å². The summed E-state index contributed by atoms with van der Waals surface area (Å²) in [5.74, 6) is -3.01. The van der Waals surface area contributed by atoms with Crippen LogP contribution < -0.4 is 15.7 Å². The fourth-order valence-corrected chi connectivity index (χ4v) is 9.64. The van der Waals surface area contributed by atoms with Gasteiger partial charge in [0.2, 0.25) is 0 Å². The van der Waals surface area contributed by atoms with Gasteiger partial charge in [-0.3, -0.25) is 0 Å². The van der Waals surface area contributed by atoms with Crippen LogP contribution in [0, 0.1) is 0 Å². The number of aromatic nitrogens is 1. The Kier molecular flexibility index (Phi) is 7.78. The molecule has 0 radical (unpaired) electrons. The number of fused-ring (bicyclic) bond motifs is 1. The van der Waals surface area contributed by atoms with Crippen LogP contribution in [0.5, 0.6) is 0 Å². The molecule has 0 aliphatic carbocycles. The van der Waals surface area contributed by atoms with Gasteiger partial charge < -0.3 is 14.7 Å². The van der Waals surface area contributed by atoms with Crippen molar-refractivity contribution in [3.05, 3.63) is 96.7 Å². The van der Waals surface area contributed by atoms with Crippen molar-refractivity contribution < 1.29 is 13.2 Å². The third kappa shape index (κ3) is 5.61. The zero-order valence-electron chi connectivity index (χ0n) is 21.5. The third-order valence-electron chi connectivity index (χ3n) is 6.83. The molecular weight excluding hydrogens is 470 g/mol. The molecule has 1 heterocycles. The van der Waals surface area contributed by atoms with E-state index in [0.717, 1.165) is 26.8 Å². The highest BCUT2D eigenvalue weighted by molar-refractivity contribution is 6.99. The first-order valence-electron chi connectivity index (χ1n) is 12.5. The van der Waals surface area contributed by atoms with E-state index < -0.39 is 27.4 Å². The number of alkyl halides is 2. The van der Waals surface area contributed by atoms with E-state index in [1.54, 1.807) is 0 Å². The lowest BCUT2D eigenvalue weighted by atomic mass is 10.1.